The van der Waals surface area contributed by atoms with E-state index in [0.717, 1.165) is 0 Å². The summed E-state index contributed by atoms with van der Waals surface area (Å²) in [5.74, 6) is -9.02. The largest absolute Gasteiger partial charge is 0.481 e. The molecule has 6 amide bonds. The van der Waals surface area contributed by atoms with E-state index in [1.165, 1.54) is 20.8 Å². The third kappa shape index (κ3) is 14.6. The first-order valence-corrected chi connectivity index (χ1v) is 16.9. The van der Waals surface area contributed by atoms with Crippen LogP contribution in [0.5, 0.6) is 0 Å². The van der Waals surface area contributed by atoms with Gasteiger partial charge in [-0.15, -0.1) is 0 Å². The average molecular weight is 736 g/mol. The summed E-state index contributed by atoms with van der Waals surface area (Å²) in [7, 11) is 0. The predicted octanol–water partition coefficient (Wildman–Crippen LogP) is -1.85. The van der Waals surface area contributed by atoms with Gasteiger partial charge in [-0.05, 0) is 38.2 Å². The monoisotopic (exact) mass is 735 g/mol. The fourth-order valence-electron chi connectivity index (χ4n) is 4.66. The summed E-state index contributed by atoms with van der Waals surface area (Å²) in [6, 6.07) is -0.941. The van der Waals surface area contributed by atoms with Crippen LogP contribution < -0.4 is 37.6 Å². The maximum Gasteiger partial charge on any atom is 0.325 e. The Hall–Kier alpha value is -5.10. The van der Waals surface area contributed by atoms with E-state index in [1.807, 2.05) is 0 Å². The standard InChI is InChI=1S/C34H53N7O11/c1-8-17(4)26(40-30(47)23(15-24(43)44)39-33(50)27(20(7)42)41-31(48)25(35)16(2)3)32(49)38-22(14-21-12-10-9-11-13-21)29(46)36-18(5)28(45)37-19(6)34(51)52/h9-13,16-20,22-23,25-27,42H,8,14-15,35H2,1-7H3,(H,36,46)(H,37,45)(H,38,49)(H,39,50)(H,40,47)(H,41,48)(H,43,44)(H,51,52). The lowest BCUT2D eigenvalue weighted by molar-refractivity contribution is -0.142. The minimum atomic E-state index is -1.77. The van der Waals surface area contributed by atoms with Gasteiger partial charge in [-0.2, -0.15) is 0 Å². The van der Waals surface area contributed by atoms with Crippen LogP contribution in [0.2, 0.25) is 0 Å². The third-order valence-electron chi connectivity index (χ3n) is 8.29. The quantitative estimate of drug-likeness (QED) is 0.0666. The lowest BCUT2D eigenvalue weighted by Crippen LogP contribution is -2.62. The first kappa shape index (κ1) is 44.9. The molecule has 290 valence electrons. The van der Waals surface area contributed by atoms with Gasteiger partial charge in [0.15, 0.2) is 0 Å². The number of hydrogen-bond acceptors (Lipinski definition) is 10. The molecule has 9 unspecified atom stereocenters. The maximum atomic E-state index is 13.8. The fourth-order valence-corrected chi connectivity index (χ4v) is 4.66. The molecule has 18 heteroatoms. The van der Waals surface area contributed by atoms with Crippen LogP contribution in [0.25, 0.3) is 0 Å². The highest BCUT2D eigenvalue weighted by molar-refractivity contribution is 5.98. The van der Waals surface area contributed by atoms with Crippen LogP contribution >= 0.6 is 0 Å². The van der Waals surface area contributed by atoms with Gasteiger partial charge < -0.3 is 53.0 Å². The summed E-state index contributed by atoms with van der Waals surface area (Å²) in [4.78, 5) is 102. The van der Waals surface area contributed by atoms with Gasteiger partial charge in [0.25, 0.3) is 0 Å². The van der Waals surface area contributed by atoms with E-state index in [1.54, 1.807) is 58.0 Å². The molecule has 9 atom stereocenters. The predicted molar refractivity (Wildman–Crippen MR) is 187 cm³/mol. The molecule has 52 heavy (non-hydrogen) atoms. The Bertz CT molecular complexity index is 1420. The van der Waals surface area contributed by atoms with E-state index in [4.69, 9.17) is 10.8 Å². The van der Waals surface area contributed by atoms with Crippen LogP contribution in [-0.2, 0) is 44.8 Å². The zero-order chi connectivity index (χ0) is 39.9. The van der Waals surface area contributed by atoms with Crippen molar-refractivity contribution in [2.24, 2.45) is 17.6 Å². The zero-order valence-corrected chi connectivity index (χ0v) is 30.5. The molecule has 1 aromatic carbocycles. The SMILES string of the molecule is CCC(C)C(NC(=O)C(CC(=O)O)NC(=O)C(NC(=O)C(N)C(C)C)C(C)O)C(=O)NC(Cc1ccccc1)C(=O)NC(C)C(=O)NC(C)C(=O)O. The fraction of sp³-hybridized carbons (Fsp3) is 0.588. The molecule has 0 saturated heterocycles. The van der Waals surface area contributed by atoms with Crippen LogP contribution in [0.1, 0.15) is 66.9 Å². The lowest BCUT2D eigenvalue weighted by Gasteiger charge is -2.29. The van der Waals surface area contributed by atoms with Crippen LogP contribution in [0.4, 0.5) is 0 Å². The van der Waals surface area contributed by atoms with Gasteiger partial charge in [-0.1, -0.05) is 64.4 Å². The van der Waals surface area contributed by atoms with Gasteiger partial charge >= 0.3 is 11.9 Å². The van der Waals surface area contributed by atoms with Crippen molar-refractivity contribution in [3.05, 3.63) is 35.9 Å². The van der Waals surface area contributed by atoms with Crippen LogP contribution in [0, 0.1) is 11.8 Å². The Morgan fingerprint density at radius 2 is 1.13 bits per heavy atom. The number of carbonyl (C=O) groups is 8. The number of hydrogen-bond donors (Lipinski definition) is 10. The molecule has 1 rings (SSSR count). The topological polar surface area (TPSA) is 295 Å². The molecule has 0 saturated carbocycles. The number of aliphatic hydroxyl groups excluding tert-OH is 1. The van der Waals surface area contributed by atoms with Crippen LogP contribution in [-0.4, -0.2) is 111 Å². The molecular weight excluding hydrogens is 682 g/mol. The van der Waals surface area contributed by atoms with Crippen LogP contribution in [0.3, 0.4) is 0 Å². The summed E-state index contributed by atoms with van der Waals surface area (Å²) in [5, 5.41) is 43.2. The summed E-state index contributed by atoms with van der Waals surface area (Å²) in [5.41, 5.74) is 6.47. The molecular formula is C34H53N7O11. The average Bonchev–Trinajstić information content (AvgIpc) is 3.07. The van der Waals surface area contributed by atoms with Crippen molar-refractivity contribution in [3.8, 4) is 0 Å². The number of amides is 6. The third-order valence-corrected chi connectivity index (χ3v) is 8.29. The highest BCUT2D eigenvalue weighted by atomic mass is 16.4. The smallest absolute Gasteiger partial charge is 0.325 e. The van der Waals surface area contributed by atoms with Crippen molar-refractivity contribution in [2.75, 3.05) is 0 Å². The van der Waals surface area contributed by atoms with Gasteiger partial charge in [0.2, 0.25) is 35.4 Å². The Balaban J connectivity index is 3.31. The molecule has 0 spiro atoms. The molecule has 0 radical (unpaired) electrons. The minimum absolute atomic E-state index is 0.0515. The van der Waals surface area contributed by atoms with Crippen molar-refractivity contribution in [1.82, 2.24) is 31.9 Å². The summed E-state index contributed by atoms with van der Waals surface area (Å²) in [6.45, 7) is 10.4. The summed E-state index contributed by atoms with van der Waals surface area (Å²) < 4.78 is 0. The Labute approximate surface area is 302 Å². The number of carboxylic acid groups (broad SMARTS) is 2. The van der Waals surface area contributed by atoms with E-state index >= 15 is 0 Å². The summed E-state index contributed by atoms with van der Waals surface area (Å²) >= 11 is 0. The molecule has 18 nitrogen and oxygen atoms in total. The number of carbonyl (C=O) groups excluding carboxylic acids is 6. The highest BCUT2D eigenvalue weighted by Gasteiger charge is 2.36. The second-order valence-corrected chi connectivity index (χ2v) is 13.1. The number of nitrogens with one attached hydrogen (secondary N) is 6. The van der Waals surface area contributed by atoms with Crippen molar-refractivity contribution in [2.45, 2.75) is 116 Å². The molecule has 0 aliphatic heterocycles. The molecule has 1 aromatic rings. The lowest BCUT2D eigenvalue weighted by atomic mass is 9.96. The first-order chi connectivity index (χ1) is 24.2. The molecule has 0 bridgehead atoms. The van der Waals surface area contributed by atoms with Crippen molar-refractivity contribution < 1.29 is 53.7 Å². The summed E-state index contributed by atoms with van der Waals surface area (Å²) in [6.07, 6.45) is -2.13. The van der Waals surface area contributed by atoms with Gasteiger partial charge in [-0.3, -0.25) is 38.4 Å². The second-order valence-electron chi connectivity index (χ2n) is 13.1. The molecule has 0 heterocycles. The molecule has 0 aromatic heterocycles. The first-order valence-electron chi connectivity index (χ1n) is 16.9. The van der Waals surface area contributed by atoms with E-state index in [-0.39, 0.29) is 12.3 Å². The van der Waals surface area contributed by atoms with Crippen LogP contribution in [0.15, 0.2) is 30.3 Å². The van der Waals surface area contributed by atoms with Gasteiger partial charge in [-0.25, -0.2) is 0 Å². The van der Waals surface area contributed by atoms with E-state index < -0.39 is 108 Å². The number of carboxylic acids is 2. The highest BCUT2D eigenvalue weighted by Crippen LogP contribution is 2.12. The Kier molecular flexibility index (Phi) is 18.4. The number of benzene rings is 1. The maximum absolute atomic E-state index is 13.8. The van der Waals surface area contributed by atoms with Crippen molar-refractivity contribution in [1.29, 1.82) is 0 Å². The molecule has 0 fully saturated rings. The number of aliphatic carboxylic acids is 2. The molecule has 0 aliphatic rings. The van der Waals surface area contributed by atoms with Gasteiger partial charge in [0.05, 0.1) is 18.6 Å². The van der Waals surface area contributed by atoms with Gasteiger partial charge in [0, 0.05) is 6.42 Å². The van der Waals surface area contributed by atoms with Crippen molar-refractivity contribution >= 4 is 47.4 Å². The van der Waals surface area contributed by atoms with Crippen molar-refractivity contribution in [3.63, 3.8) is 0 Å². The normalized spacial score (nSPS) is 16.3. The number of nitrogens with two attached hydrogens (primary N) is 1. The second kappa shape index (κ2) is 21.3. The van der Waals surface area contributed by atoms with Gasteiger partial charge in [0.1, 0.15) is 36.3 Å². The molecule has 0 aliphatic carbocycles. The minimum Gasteiger partial charge on any atom is -0.481 e. The van der Waals surface area contributed by atoms with E-state index in [9.17, 15) is 48.6 Å². The molecule has 11 N–H and O–H groups in total. The van der Waals surface area contributed by atoms with E-state index in [2.05, 4.69) is 31.9 Å². The number of aliphatic hydroxyl groups is 1. The Morgan fingerprint density at radius 3 is 1.63 bits per heavy atom. The number of rotatable bonds is 21. The Morgan fingerprint density at radius 1 is 0.635 bits per heavy atom. The zero-order valence-electron chi connectivity index (χ0n) is 30.5. The van der Waals surface area contributed by atoms with E-state index in [0.29, 0.717) is 12.0 Å².